The van der Waals surface area contributed by atoms with Gasteiger partial charge in [0.2, 0.25) is 0 Å². The summed E-state index contributed by atoms with van der Waals surface area (Å²) in [7, 11) is 1.61. The normalized spacial score (nSPS) is 10.6. The van der Waals surface area contributed by atoms with Crippen LogP contribution < -0.4 is 10.1 Å². The van der Waals surface area contributed by atoms with Gasteiger partial charge in [-0.25, -0.2) is 4.99 Å². The van der Waals surface area contributed by atoms with E-state index in [1.165, 1.54) is 0 Å². The minimum atomic E-state index is 0.324. The zero-order chi connectivity index (χ0) is 17.6. The van der Waals surface area contributed by atoms with Gasteiger partial charge in [0.25, 0.3) is 0 Å². The number of ether oxygens (including phenoxy) is 1. The number of nitrogens with zero attached hydrogens (tertiary/aromatic N) is 3. The van der Waals surface area contributed by atoms with E-state index in [4.69, 9.17) is 16.3 Å². The summed E-state index contributed by atoms with van der Waals surface area (Å²) in [5, 5.41) is 20.0. The van der Waals surface area contributed by atoms with Crippen molar-refractivity contribution < 1.29 is 4.74 Å². The lowest BCUT2D eigenvalue weighted by atomic mass is 10.2. The summed E-state index contributed by atoms with van der Waals surface area (Å²) in [6.07, 6.45) is 1.65. The molecule has 0 saturated carbocycles. The van der Waals surface area contributed by atoms with E-state index < -0.39 is 0 Å². The number of nitrogens with one attached hydrogen (secondary N) is 2. The largest absolute Gasteiger partial charge is 0.497 e. The van der Waals surface area contributed by atoms with E-state index in [1.807, 2.05) is 36.4 Å². The van der Waals surface area contributed by atoms with E-state index >= 15 is 0 Å². The minimum Gasteiger partial charge on any atom is -0.497 e. The first-order valence-electron chi connectivity index (χ1n) is 7.39. The van der Waals surface area contributed by atoms with Crippen LogP contribution in [0.5, 0.6) is 5.75 Å². The number of anilines is 2. The molecule has 2 N–H and O–H groups in total. The third-order valence-electron chi connectivity index (χ3n) is 3.40. The average Bonchev–Trinajstić information content (AvgIpc) is 3.02. The van der Waals surface area contributed by atoms with Crippen LogP contribution in [0.1, 0.15) is 11.1 Å². The smallest absolute Gasteiger partial charge is 0.172 e. The van der Waals surface area contributed by atoms with Crippen LogP contribution in [0, 0.1) is 11.3 Å². The van der Waals surface area contributed by atoms with Gasteiger partial charge in [-0.05, 0) is 48.0 Å². The molecule has 6 nitrogen and oxygen atoms in total. The van der Waals surface area contributed by atoms with Crippen molar-refractivity contribution in [3.05, 3.63) is 64.7 Å². The molecule has 3 rings (SSSR count). The van der Waals surface area contributed by atoms with Crippen molar-refractivity contribution in [2.75, 3.05) is 12.4 Å². The maximum Gasteiger partial charge on any atom is 0.172 e. The molecule has 0 aliphatic carbocycles. The van der Waals surface area contributed by atoms with Gasteiger partial charge in [0.1, 0.15) is 17.4 Å². The first-order chi connectivity index (χ1) is 12.2. The molecule has 0 fully saturated rings. The molecule has 1 heterocycles. The molecule has 0 bridgehead atoms. The van der Waals surface area contributed by atoms with Crippen LogP contribution >= 0.6 is 11.6 Å². The van der Waals surface area contributed by atoms with Crippen LogP contribution in [-0.2, 0) is 0 Å². The van der Waals surface area contributed by atoms with Crippen LogP contribution in [0.3, 0.4) is 0 Å². The summed E-state index contributed by atoms with van der Waals surface area (Å²) in [5.41, 5.74) is 1.94. The number of aliphatic imine (C=N–C) groups is 1. The molecule has 25 heavy (non-hydrogen) atoms. The number of aromatic nitrogens is 2. The SMILES string of the molecule is COc1ccc(/C=N/c2[nH]nc(Nc3cccc(Cl)c3)c2C#N)cc1. The standard InChI is InChI=1S/C18H14ClN5O/c1-25-15-7-5-12(6-8-15)11-21-17-16(10-20)18(24-23-17)22-14-4-2-3-13(19)9-14/h2-9,11H,1H3,(H2,22,23,24)/b21-11+. The molecule has 2 aromatic carbocycles. The molecule has 0 saturated heterocycles. The Labute approximate surface area is 149 Å². The van der Waals surface area contributed by atoms with Crippen molar-refractivity contribution in [2.45, 2.75) is 0 Å². The van der Waals surface area contributed by atoms with Crippen LogP contribution in [0.4, 0.5) is 17.3 Å². The van der Waals surface area contributed by atoms with Crippen LogP contribution in [0.2, 0.25) is 5.02 Å². The van der Waals surface area contributed by atoms with Gasteiger partial charge in [0.05, 0.1) is 7.11 Å². The van der Waals surface area contributed by atoms with Crippen LogP contribution in [0.25, 0.3) is 0 Å². The molecule has 7 heteroatoms. The van der Waals surface area contributed by atoms with Crippen molar-refractivity contribution in [3.8, 4) is 11.8 Å². The number of aromatic amines is 1. The van der Waals surface area contributed by atoms with E-state index in [9.17, 15) is 5.26 Å². The minimum absolute atomic E-state index is 0.324. The molecule has 0 amide bonds. The average molecular weight is 352 g/mol. The predicted molar refractivity (Wildman–Crippen MR) is 98.3 cm³/mol. The van der Waals surface area contributed by atoms with Gasteiger partial charge in [0.15, 0.2) is 11.6 Å². The Morgan fingerprint density at radius 1 is 1.28 bits per heavy atom. The van der Waals surface area contributed by atoms with Crippen molar-refractivity contribution in [1.82, 2.24) is 10.2 Å². The first kappa shape index (κ1) is 16.6. The lowest BCUT2D eigenvalue weighted by molar-refractivity contribution is 0.415. The number of methoxy groups -OCH3 is 1. The second-order valence-electron chi connectivity index (χ2n) is 5.07. The zero-order valence-corrected chi connectivity index (χ0v) is 14.1. The Kier molecular flexibility index (Phi) is 4.97. The number of hydrogen-bond donors (Lipinski definition) is 2. The van der Waals surface area contributed by atoms with Crippen LogP contribution in [-0.4, -0.2) is 23.5 Å². The molecular weight excluding hydrogens is 338 g/mol. The third kappa shape index (κ3) is 3.97. The summed E-state index contributed by atoms with van der Waals surface area (Å²) in [4.78, 5) is 4.31. The lowest BCUT2D eigenvalue weighted by Crippen LogP contribution is -1.92. The monoisotopic (exact) mass is 351 g/mol. The summed E-state index contributed by atoms with van der Waals surface area (Å²) in [6, 6.07) is 16.7. The highest BCUT2D eigenvalue weighted by Gasteiger charge is 2.12. The van der Waals surface area contributed by atoms with E-state index in [0.717, 1.165) is 17.0 Å². The Morgan fingerprint density at radius 2 is 2.08 bits per heavy atom. The number of hydrogen-bond acceptors (Lipinski definition) is 5. The molecule has 0 radical (unpaired) electrons. The number of H-pyrrole nitrogens is 1. The lowest BCUT2D eigenvalue weighted by Gasteiger charge is -2.03. The van der Waals surface area contributed by atoms with Crippen LogP contribution in [0.15, 0.2) is 53.5 Å². The Morgan fingerprint density at radius 3 is 2.76 bits per heavy atom. The molecule has 0 unspecified atom stereocenters. The molecule has 0 spiro atoms. The van der Waals surface area contributed by atoms with Gasteiger partial charge in [-0.15, -0.1) is 0 Å². The zero-order valence-electron chi connectivity index (χ0n) is 13.3. The fourth-order valence-electron chi connectivity index (χ4n) is 2.15. The summed E-state index contributed by atoms with van der Waals surface area (Å²) < 4.78 is 5.12. The fourth-order valence-corrected chi connectivity index (χ4v) is 2.34. The van der Waals surface area contributed by atoms with Crippen molar-refractivity contribution in [2.24, 2.45) is 4.99 Å². The maximum absolute atomic E-state index is 9.42. The van der Waals surface area contributed by atoms with Gasteiger partial charge in [-0.1, -0.05) is 17.7 Å². The second kappa shape index (κ2) is 7.51. The first-order valence-corrected chi connectivity index (χ1v) is 7.76. The summed E-state index contributed by atoms with van der Waals surface area (Å²) in [6.45, 7) is 0. The molecule has 3 aromatic rings. The highest BCUT2D eigenvalue weighted by atomic mass is 35.5. The Balaban J connectivity index is 1.82. The fraction of sp³-hybridized carbons (Fsp3) is 0.0556. The van der Waals surface area contributed by atoms with Crippen molar-refractivity contribution in [3.63, 3.8) is 0 Å². The summed E-state index contributed by atoms with van der Waals surface area (Å²) >= 11 is 5.96. The molecule has 0 atom stereocenters. The predicted octanol–water partition coefficient (Wildman–Crippen LogP) is 4.44. The highest BCUT2D eigenvalue weighted by molar-refractivity contribution is 6.30. The maximum atomic E-state index is 9.42. The third-order valence-corrected chi connectivity index (χ3v) is 3.64. The molecule has 0 aliphatic heterocycles. The number of benzene rings is 2. The van der Waals surface area contributed by atoms with Gasteiger partial charge in [-0.3, -0.25) is 5.10 Å². The molecule has 0 aliphatic rings. The Bertz CT molecular complexity index is 941. The number of halogens is 1. The van der Waals surface area contributed by atoms with Crippen molar-refractivity contribution >= 4 is 35.1 Å². The molecular formula is C18H14ClN5O. The van der Waals surface area contributed by atoms with E-state index in [2.05, 4.69) is 26.6 Å². The van der Waals surface area contributed by atoms with Crippen molar-refractivity contribution in [1.29, 1.82) is 5.26 Å². The molecule has 124 valence electrons. The quantitative estimate of drug-likeness (QED) is 0.665. The topological polar surface area (TPSA) is 86.1 Å². The van der Waals surface area contributed by atoms with E-state index in [-0.39, 0.29) is 0 Å². The van der Waals surface area contributed by atoms with E-state index in [1.54, 1.807) is 25.5 Å². The number of nitriles is 1. The van der Waals surface area contributed by atoms with Gasteiger partial charge >= 0.3 is 0 Å². The van der Waals surface area contributed by atoms with E-state index in [0.29, 0.717) is 22.2 Å². The van der Waals surface area contributed by atoms with Gasteiger partial charge in [0, 0.05) is 16.9 Å². The molecule has 1 aromatic heterocycles. The Hall–Kier alpha value is -3.30. The number of rotatable bonds is 5. The second-order valence-corrected chi connectivity index (χ2v) is 5.51. The van der Waals surface area contributed by atoms with Gasteiger partial charge < -0.3 is 10.1 Å². The highest BCUT2D eigenvalue weighted by Crippen LogP contribution is 2.26. The van der Waals surface area contributed by atoms with Gasteiger partial charge in [-0.2, -0.15) is 10.4 Å². The summed E-state index contributed by atoms with van der Waals surface area (Å²) in [5.74, 6) is 1.54.